The molecular formula is C35H39F3N2O2. The molecule has 0 bridgehead atoms. The van der Waals surface area contributed by atoms with Gasteiger partial charge in [0.05, 0.1) is 5.56 Å². The van der Waals surface area contributed by atoms with Gasteiger partial charge in [0, 0.05) is 49.7 Å². The van der Waals surface area contributed by atoms with E-state index in [-0.39, 0.29) is 23.0 Å². The number of aldehydes is 1. The number of halogens is 3. The van der Waals surface area contributed by atoms with Gasteiger partial charge in [-0.1, -0.05) is 49.6 Å². The summed E-state index contributed by atoms with van der Waals surface area (Å²) in [5.41, 5.74) is 4.60. The van der Waals surface area contributed by atoms with Crippen molar-refractivity contribution in [1.82, 2.24) is 4.90 Å². The van der Waals surface area contributed by atoms with Gasteiger partial charge in [0.25, 0.3) is 0 Å². The van der Waals surface area contributed by atoms with E-state index in [2.05, 4.69) is 34.1 Å². The van der Waals surface area contributed by atoms with Gasteiger partial charge in [0.2, 0.25) is 0 Å². The summed E-state index contributed by atoms with van der Waals surface area (Å²) in [5.74, 6) is 0.244. The second-order valence-electron chi connectivity index (χ2n) is 12.5. The lowest BCUT2D eigenvalue weighted by Crippen LogP contribution is -2.50. The molecule has 0 radical (unpaired) electrons. The molecule has 3 aromatic rings. The molecule has 1 heterocycles. The fourth-order valence-electron chi connectivity index (χ4n) is 7.57. The minimum absolute atomic E-state index is 0.0213. The Morgan fingerprint density at radius 3 is 2.17 bits per heavy atom. The third kappa shape index (κ3) is 5.94. The van der Waals surface area contributed by atoms with Crippen LogP contribution in [0.2, 0.25) is 0 Å². The Balaban J connectivity index is 1.20. The number of carbonyl (C=O) groups is 1. The zero-order valence-electron chi connectivity index (χ0n) is 24.0. The lowest BCUT2D eigenvalue weighted by Gasteiger charge is -2.41. The Kier molecular flexibility index (Phi) is 8.05. The summed E-state index contributed by atoms with van der Waals surface area (Å²) in [4.78, 5) is 16.8. The second-order valence-corrected chi connectivity index (χ2v) is 12.5. The van der Waals surface area contributed by atoms with Crippen molar-refractivity contribution in [2.45, 2.75) is 63.0 Å². The molecule has 0 amide bonds. The quantitative estimate of drug-likeness (QED) is 0.308. The SMILES string of the molecule is O=CC1(CN2CCN(c3ccc(C4c5ccc(O)cc5CCC4c4ccc(C(F)(F)F)cc4)cc3)CC2)CCCCC1. The lowest BCUT2D eigenvalue weighted by atomic mass is 9.69. The maximum Gasteiger partial charge on any atom is 0.416 e. The van der Waals surface area contributed by atoms with Crippen molar-refractivity contribution in [3.63, 3.8) is 0 Å². The summed E-state index contributed by atoms with van der Waals surface area (Å²) >= 11 is 0. The minimum atomic E-state index is -4.36. The summed E-state index contributed by atoms with van der Waals surface area (Å²) in [6.07, 6.45) is 3.97. The van der Waals surface area contributed by atoms with Crippen LogP contribution < -0.4 is 4.90 Å². The van der Waals surface area contributed by atoms with Gasteiger partial charge in [-0.15, -0.1) is 0 Å². The summed E-state index contributed by atoms with van der Waals surface area (Å²) < 4.78 is 39.7. The lowest BCUT2D eigenvalue weighted by molar-refractivity contribution is -0.137. The number of aryl methyl sites for hydroxylation is 1. The smallest absolute Gasteiger partial charge is 0.416 e. The average molecular weight is 577 g/mol. The van der Waals surface area contributed by atoms with E-state index in [1.54, 1.807) is 18.2 Å². The van der Waals surface area contributed by atoms with Gasteiger partial charge in [-0.05, 0) is 90.3 Å². The Hall–Kier alpha value is -3.32. The minimum Gasteiger partial charge on any atom is -0.508 e. The molecule has 0 aromatic heterocycles. The fourth-order valence-corrected chi connectivity index (χ4v) is 7.57. The van der Waals surface area contributed by atoms with E-state index in [9.17, 15) is 23.1 Å². The zero-order chi connectivity index (χ0) is 29.3. The van der Waals surface area contributed by atoms with Crippen LogP contribution in [0.1, 0.15) is 78.2 Å². The monoisotopic (exact) mass is 576 g/mol. The van der Waals surface area contributed by atoms with E-state index in [4.69, 9.17) is 0 Å². The highest BCUT2D eigenvalue weighted by Gasteiger charge is 2.36. The third-order valence-electron chi connectivity index (χ3n) is 9.88. The number of carbonyl (C=O) groups excluding carboxylic acids is 1. The Bertz CT molecular complexity index is 1370. The number of anilines is 1. The van der Waals surface area contributed by atoms with E-state index in [0.29, 0.717) is 0 Å². The number of nitrogens with zero attached hydrogens (tertiary/aromatic N) is 2. The van der Waals surface area contributed by atoms with Crippen LogP contribution in [-0.2, 0) is 17.4 Å². The van der Waals surface area contributed by atoms with Gasteiger partial charge >= 0.3 is 6.18 Å². The molecule has 3 aliphatic rings. The molecule has 2 unspecified atom stereocenters. The largest absolute Gasteiger partial charge is 0.508 e. The number of phenolic OH excluding ortho intramolecular Hbond substituents is 1. The first-order valence-electron chi connectivity index (χ1n) is 15.3. The van der Waals surface area contributed by atoms with E-state index in [0.717, 1.165) is 99.2 Å². The van der Waals surface area contributed by atoms with E-state index in [1.807, 2.05) is 12.1 Å². The van der Waals surface area contributed by atoms with Gasteiger partial charge < -0.3 is 14.8 Å². The number of fused-ring (bicyclic) bond motifs is 1. The summed E-state index contributed by atoms with van der Waals surface area (Å²) in [6.45, 7) is 4.56. The number of rotatable bonds is 6. The zero-order valence-corrected chi connectivity index (χ0v) is 24.0. The third-order valence-corrected chi connectivity index (χ3v) is 9.88. The molecule has 1 aliphatic heterocycles. The second kappa shape index (κ2) is 11.8. The van der Waals surface area contributed by atoms with E-state index < -0.39 is 11.7 Å². The van der Waals surface area contributed by atoms with Crippen LogP contribution in [0.3, 0.4) is 0 Å². The molecule has 2 aliphatic carbocycles. The molecule has 4 nitrogen and oxygen atoms in total. The molecule has 3 aromatic carbocycles. The number of benzene rings is 3. The first-order chi connectivity index (χ1) is 20.2. The van der Waals surface area contributed by atoms with Gasteiger partial charge in [-0.25, -0.2) is 0 Å². The topological polar surface area (TPSA) is 43.8 Å². The van der Waals surface area contributed by atoms with Crippen LogP contribution >= 0.6 is 0 Å². The highest BCUT2D eigenvalue weighted by atomic mass is 19.4. The molecule has 7 heteroatoms. The molecule has 1 saturated carbocycles. The number of piperazine rings is 1. The molecule has 1 saturated heterocycles. The Labute approximate surface area is 246 Å². The van der Waals surface area contributed by atoms with Crippen LogP contribution in [0.15, 0.2) is 66.7 Å². The van der Waals surface area contributed by atoms with Crippen molar-refractivity contribution in [1.29, 1.82) is 0 Å². The van der Waals surface area contributed by atoms with Crippen LogP contribution in [0, 0.1) is 5.41 Å². The van der Waals surface area contributed by atoms with E-state index >= 15 is 0 Å². The standard InChI is InChI=1S/C35H39F3N2O2/c36-35(37,38)28-9-4-25(5-10-28)31-14-8-27-22-30(42)13-15-32(27)33(31)26-6-11-29(12-7-26)40-20-18-39(19-21-40)23-34(24-41)16-2-1-3-17-34/h4-7,9-13,15,22,24,31,33,42H,1-3,8,14,16-21,23H2. The molecule has 222 valence electrons. The van der Waals surface area contributed by atoms with Crippen LogP contribution in [0.25, 0.3) is 0 Å². The maximum absolute atomic E-state index is 13.2. The molecular weight excluding hydrogens is 537 g/mol. The summed E-state index contributed by atoms with van der Waals surface area (Å²) in [6, 6.07) is 19.8. The van der Waals surface area contributed by atoms with Crippen molar-refractivity contribution in [2.75, 3.05) is 37.6 Å². The van der Waals surface area contributed by atoms with Crippen LogP contribution in [0.4, 0.5) is 18.9 Å². The van der Waals surface area contributed by atoms with Gasteiger partial charge in [0.15, 0.2) is 0 Å². The summed E-state index contributed by atoms with van der Waals surface area (Å²) in [7, 11) is 0. The van der Waals surface area contributed by atoms with Crippen molar-refractivity contribution in [3.8, 4) is 5.75 Å². The van der Waals surface area contributed by atoms with Gasteiger partial charge in [-0.2, -0.15) is 13.2 Å². The molecule has 6 rings (SSSR count). The van der Waals surface area contributed by atoms with E-state index in [1.165, 1.54) is 24.8 Å². The normalized spacial score (nSPS) is 22.9. The Morgan fingerprint density at radius 2 is 1.52 bits per heavy atom. The Morgan fingerprint density at radius 1 is 0.857 bits per heavy atom. The van der Waals surface area contributed by atoms with Gasteiger partial charge in [0.1, 0.15) is 12.0 Å². The molecule has 2 fully saturated rings. The number of aromatic hydroxyl groups is 1. The maximum atomic E-state index is 13.2. The predicted molar refractivity (Wildman–Crippen MR) is 159 cm³/mol. The number of hydrogen-bond acceptors (Lipinski definition) is 4. The fraction of sp³-hybridized carbons (Fsp3) is 0.457. The molecule has 2 atom stereocenters. The average Bonchev–Trinajstić information content (AvgIpc) is 3.01. The van der Waals surface area contributed by atoms with Crippen molar-refractivity contribution in [3.05, 3.63) is 94.5 Å². The highest BCUT2D eigenvalue weighted by molar-refractivity contribution is 5.60. The van der Waals surface area contributed by atoms with Crippen molar-refractivity contribution < 1.29 is 23.1 Å². The van der Waals surface area contributed by atoms with Gasteiger partial charge in [-0.3, -0.25) is 4.90 Å². The number of alkyl halides is 3. The highest BCUT2D eigenvalue weighted by Crippen LogP contribution is 2.47. The first kappa shape index (κ1) is 28.8. The van der Waals surface area contributed by atoms with Crippen molar-refractivity contribution >= 4 is 12.0 Å². The predicted octanol–water partition coefficient (Wildman–Crippen LogP) is 7.54. The van der Waals surface area contributed by atoms with Crippen LogP contribution in [0.5, 0.6) is 5.75 Å². The molecule has 1 N–H and O–H groups in total. The number of hydrogen-bond donors (Lipinski definition) is 1. The summed E-state index contributed by atoms with van der Waals surface area (Å²) in [5, 5.41) is 10.1. The van der Waals surface area contributed by atoms with Crippen LogP contribution in [-0.4, -0.2) is 49.0 Å². The van der Waals surface area contributed by atoms with Crippen molar-refractivity contribution in [2.24, 2.45) is 5.41 Å². The first-order valence-corrected chi connectivity index (χ1v) is 15.3. The number of phenols is 1. The molecule has 0 spiro atoms. The molecule has 42 heavy (non-hydrogen) atoms.